The molecule has 5 N–H and O–H groups in total. The van der Waals surface area contributed by atoms with Crippen molar-refractivity contribution in [3.63, 3.8) is 0 Å². The van der Waals surface area contributed by atoms with Crippen LogP contribution in [0, 0.1) is 0 Å². The van der Waals surface area contributed by atoms with E-state index in [1.54, 1.807) is 0 Å². The van der Waals surface area contributed by atoms with Gasteiger partial charge in [0.05, 0.1) is 34.4 Å². The molecule has 1 aliphatic heterocycles. The Bertz CT molecular complexity index is 599. The molecule has 1 aliphatic rings. The van der Waals surface area contributed by atoms with E-state index in [0.717, 1.165) is 0 Å². The van der Waals surface area contributed by atoms with Crippen LogP contribution in [0.2, 0.25) is 5.02 Å². The third-order valence-corrected chi connectivity index (χ3v) is 3.10. The number of rotatable bonds is 5. The standard InChI is InChI=1S/C12H12ClN3O4/c13-7-2-1-6(12(19)16-3-5-4-20-5)8(10(14)17)9(7)11(15)18/h1-2,5H,3-4H2,(H2,14,17)(H2,15,18)(H,16,19). The van der Waals surface area contributed by atoms with Crippen molar-refractivity contribution >= 4 is 29.3 Å². The molecule has 1 saturated heterocycles. The molecule has 1 atom stereocenters. The van der Waals surface area contributed by atoms with Crippen LogP contribution < -0.4 is 16.8 Å². The molecule has 0 bridgehead atoms. The monoisotopic (exact) mass is 297 g/mol. The molecular weight excluding hydrogens is 286 g/mol. The summed E-state index contributed by atoms with van der Waals surface area (Å²) < 4.78 is 4.95. The maximum absolute atomic E-state index is 12.0. The second kappa shape index (κ2) is 5.48. The highest BCUT2D eigenvalue weighted by Gasteiger charge is 2.27. The molecule has 0 aliphatic carbocycles. The number of carbonyl (C=O) groups excluding carboxylic acids is 3. The largest absolute Gasteiger partial charge is 0.371 e. The number of carbonyl (C=O) groups is 3. The van der Waals surface area contributed by atoms with Crippen LogP contribution in [0.4, 0.5) is 0 Å². The van der Waals surface area contributed by atoms with Crippen molar-refractivity contribution in [2.24, 2.45) is 11.5 Å². The normalized spacial score (nSPS) is 16.6. The minimum absolute atomic E-state index is 0.0149. The van der Waals surface area contributed by atoms with Crippen LogP contribution in [0.3, 0.4) is 0 Å². The van der Waals surface area contributed by atoms with E-state index in [4.69, 9.17) is 27.8 Å². The van der Waals surface area contributed by atoms with Crippen molar-refractivity contribution in [3.8, 4) is 0 Å². The van der Waals surface area contributed by atoms with E-state index >= 15 is 0 Å². The first-order valence-electron chi connectivity index (χ1n) is 5.73. The Balaban J connectivity index is 2.40. The highest BCUT2D eigenvalue weighted by molar-refractivity contribution is 6.35. The predicted molar refractivity (Wildman–Crippen MR) is 70.6 cm³/mol. The van der Waals surface area contributed by atoms with E-state index in [1.165, 1.54) is 12.1 Å². The fourth-order valence-electron chi connectivity index (χ4n) is 1.75. The molecule has 2 rings (SSSR count). The van der Waals surface area contributed by atoms with E-state index in [-0.39, 0.29) is 27.8 Å². The number of ether oxygens (including phenoxy) is 1. The van der Waals surface area contributed by atoms with E-state index in [0.29, 0.717) is 13.2 Å². The molecule has 0 radical (unpaired) electrons. The van der Waals surface area contributed by atoms with Gasteiger partial charge in [-0.25, -0.2) is 0 Å². The first-order chi connectivity index (χ1) is 9.41. The van der Waals surface area contributed by atoms with Gasteiger partial charge in [-0.2, -0.15) is 0 Å². The van der Waals surface area contributed by atoms with Crippen molar-refractivity contribution in [2.45, 2.75) is 6.10 Å². The molecule has 106 valence electrons. The fraction of sp³-hybridized carbons (Fsp3) is 0.250. The van der Waals surface area contributed by atoms with Crippen LogP contribution in [0.5, 0.6) is 0 Å². The molecule has 1 fully saturated rings. The first-order valence-corrected chi connectivity index (χ1v) is 6.11. The fourth-order valence-corrected chi connectivity index (χ4v) is 2.00. The summed E-state index contributed by atoms with van der Waals surface area (Å²) in [6.45, 7) is 0.891. The highest BCUT2D eigenvalue weighted by Crippen LogP contribution is 2.23. The Hall–Kier alpha value is -2.12. The number of benzene rings is 1. The molecular formula is C12H12ClN3O4. The van der Waals surface area contributed by atoms with Gasteiger partial charge < -0.3 is 21.5 Å². The van der Waals surface area contributed by atoms with Gasteiger partial charge in [0.2, 0.25) is 5.91 Å². The summed E-state index contributed by atoms with van der Waals surface area (Å²) in [5.74, 6) is -2.42. The van der Waals surface area contributed by atoms with Crippen LogP contribution in [0.1, 0.15) is 31.1 Å². The van der Waals surface area contributed by atoms with Crippen LogP contribution in [-0.4, -0.2) is 37.0 Å². The smallest absolute Gasteiger partial charge is 0.252 e. The molecule has 1 aromatic rings. The second-order valence-electron chi connectivity index (χ2n) is 4.24. The lowest BCUT2D eigenvalue weighted by Gasteiger charge is -2.11. The highest BCUT2D eigenvalue weighted by atomic mass is 35.5. The minimum atomic E-state index is -0.950. The Morgan fingerprint density at radius 2 is 1.85 bits per heavy atom. The molecule has 3 amide bonds. The molecule has 1 aromatic carbocycles. The number of nitrogens with one attached hydrogen (secondary N) is 1. The SMILES string of the molecule is NC(=O)c1c(Cl)ccc(C(=O)NCC2CO2)c1C(N)=O. The molecule has 20 heavy (non-hydrogen) atoms. The quantitative estimate of drug-likeness (QED) is 0.643. The second-order valence-corrected chi connectivity index (χ2v) is 4.65. The van der Waals surface area contributed by atoms with Crippen molar-refractivity contribution in [1.29, 1.82) is 0 Å². The van der Waals surface area contributed by atoms with Gasteiger partial charge in [0.25, 0.3) is 11.8 Å². The van der Waals surface area contributed by atoms with Crippen molar-refractivity contribution in [2.75, 3.05) is 13.2 Å². The van der Waals surface area contributed by atoms with Crippen LogP contribution in [0.25, 0.3) is 0 Å². The van der Waals surface area contributed by atoms with Crippen molar-refractivity contribution in [3.05, 3.63) is 33.8 Å². The summed E-state index contributed by atoms with van der Waals surface area (Å²) in [6.07, 6.45) is -0.0149. The summed E-state index contributed by atoms with van der Waals surface area (Å²) in [5, 5.41) is 2.54. The van der Waals surface area contributed by atoms with Gasteiger partial charge in [0.15, 0.2) is 0 Å². The lowest BCUT2D eigenvalue weighted by Crippen LogP contribution is -2.31. The topological polar surface area (TPSA) is 128 Å². The Labute approximate surface area is 119 Å². The summed E-state index contributed by atoms with van der Waals surface area (Å²) in [4.78, 5) is 34.9. The Morgan fingerprint density at radius 1 is 1.25 bits per heavy atom. The number of nitrogens with two attached hydrogens (primary N) is 2. The summed E-state index contributed by atoms with van der Waals surface area (Å²) in [7, 11) is 0. The summed E-state index contributed by atoms with van der Waals surface area (Å²) in [6, 6.07) is 2.63. The van der Waals surface area contributed by atoms with Gasteiger partial charge in [-0.3, -0.25) is 14.4 Å². The molecule has 7 nitrogen and oxygen atoms in total. The average molecular weight is 298 g/mol. The van der Waals surface area contributed by atoms with E-state index in [1.807, 2.05) is 0 Å². The van der Waals surface area contributed by atoms with Gasteiger partial charge in [-0.05, 0) is 12.1 Å². The van der Waals surface area contributed by atoms with Gasteiger partial charge in [-0.15, -0.1) is 0 Å². The number of hydrogen-bond acceptors (Lipinski definition) is 4. The van der Waals surface area contributed by atoms with Gasteiger partial charge in [0.1, 0.15) is 0 Å². The zero-order valence-corrected chi connectivity index (χ0v) is 11.1. The summed E-state index contributed by atoms with van der Waals surface area (Å²) in [5.41, 5.74) is 9.81. The van der Waals surface area contributed by atoms with Gasteiger partial charge in [-0.1, -0.05) is 11.6 Å². The van der Waals surface area contributed by atoms with Crippen LogP contribution in [0.15, 0.2) is 12.1 Å². The predicted octanol–water partition coefficient (Wildman–Crippen LogP) is -0.334. The Morgan fingerprint density at radius 3 is 2.35 bits per heavy atom. The summed E-state index contributed by atoms with van der Waals surface area (Å²) >= 11 is 5.82. The lowest BCUT2D eigenvalue weighted by molar-refractivity contribution is 0.0930. The maximum atomic E-state index is 12.0. The molecule has 0 spiro atoms. The van der Waals surface area contributed by atoms with Gasteiger partial charge >= 0.3 is 0 Å². The van der Waals surface area contributed by atoms with Crippen LogP contribution in [-0.2, 0) is 4.74 Å². The Kier molecular flexibility index (Phi) is 3.91. The van der Waals surface area contributed by atoms with Crippen LogP contribution >= 0.6 is 11.6 Å². The van der Waals surface area contributed by atoms with Crippen molar-refractivity contribution in [1.82, 2.24) is 5.32 Å². The number of amides is 3. The molecule has 1 heterocycles. The van der Waals surface area contributed by atoms with E-state index in [9.17, 15) is 14.4 Å². The third kappa shape index (κ3) is 2.89. The first kappa shape index (κ1) is 14.3. The number of epoxide rings is 1. The minimum Gasteiger partial charge on any atom is -0.371 e. The van der Waals surface area contributed by atoms with E-state index in [2.05, 4.69) is 5.32 Å². The number of primary amides is 2. The zero-order valence-electron chi connectivity index (χ0n) is 10.3. The lowest BCUT2D eigenvalue weighted by atomic mass is 9.99. The number of halogens is 1. The molecule has 1 unspecified atom stereocenters. The average Bonchev–Trinajstić information content (AvgIpc) is 3.18. The van der Waals surface area contributed by atoms with Gasteiger partial charge in [0, 0.05) is 6.54 Å². The third-order valence-electron chi connectivity index (χ3n) is 2.78. The molecule has 8 heteroatoms. The number of hydrogen-bond donors (Lipinski definition) is 3. The molecule has 0 aromatic heterocycles. The zero-order chi connectivity index (χ0) is 14.9. The maximum Gasteiger partial charge on any atom is 0.252 e. The van der Waals surface area contributed by atoms with Crippen molar-refractivity contribution < 1.29 is 19.1 Å². The molecule has 0 saturated carbocycles. The van der Waals surface area contributed by atoms with E-state index < -0.39 is 17.7 Å².